The summed E-state index contributed by atoms with van der Waals surface area (Å²) >= 11 is 7.58. The number of piperazine rings is 1. The number of benzene rings is 2. The van der Waals surface area contributed by atoms with Crippen molar-refractivity contribution in [1.29, 1.82) is 0 Å². The number of nitrogens with zero attached hydrogens (tertiary/aromatic N) is 3. The van der Waals surface area contributed by atoms with E-state index in [0.29, 0.717) is 5.02 Å². The lowest BCUT2D eigenvalue weighted by Gasteiger charge is -2.35. The molecule has 0 spiro atoms. The number of thiazole rings is 1. The van der Waals surface area contributed by atoms with Gasteiger partial charge in [0.15, 0.2) is 0 Å². The Morgan fingerprint density at radius 3 is 2.70 bits per heavy atom. The Kier molecular flexibility index (Phi) is 6.37. The van der Waals surface area contributed by atoms with Gasteiger partial charge in [0, 0.05) is 53.5 Å². The molecule has 0 unspecified atom stereocenters. The molecular formula is C23H25ClN4OS. The van der Waals surface area contributed by atoms with Crippen LogP contribution in [-0.4, -0.2) is 49.0 Å². The summed E-state index contributed by atoms with van der Waals surface area (Å²) in [6.45, 7) is 6.30. The van der Waals surface area contributed by atoms with Crippen LogP contribution in [0.4, 0.5) is 11.4 Å². The molecule has 2 heterocycles. The van der Waals surface area contributed by atoms with Crippen LogP contribution in [-0.2, 0) is 11.2 Å². The molecule has 4 rings (SSSR count). The number of halogens is 1. The highest BCUT2D eigenvalue weighted by Crippen LogP contribution is 2.27. The molecule has 1 saturated heterocycles. The zero-order chi connectivity index (χ0) is 21.1. The molecule has 1 aliphatic rings. The molecule has 1 N–H and O–H groups in total. The Labute approximate surface area is 186 Å². The van der Waals surface area contributed by atoms with Crippen LogP contribution in [0.5, 0.6) is 0 Å². The van der Waals surface area contributed by atoms with Crippen molar-refractivity contribution in [1.82, 2.24) is 9.88 Å². The number of aromatic nitrogens is 1. The van der Waals surface area contributed by atoms with E-state index in [1.807, 2.05) is 41.8 Å². The number of rotatable bonds is 5. The predicted octanol–water partition coefficient (Wildman–Crippen LogP) is 4.70. The summed E-state index contributed by atoms with van der Waals surface area (Å²) in [7, 11) is 2.16. The van der Waals surface area contributed by atoms with Crippen molar-refractivity contribution in [2.75, 3.05) is 43.4 Å². The number of amides is 1. The van der Waals surface area contributed by atoms with E-state index in [9.17, 15) is 4.79 Å². The maximum absolute atomic E-state index is 12.5. The second kappa shape index (κ2) is 9.16. The van der Waals surface area contributed by atoms with E-state index in [2.05, 4.69) is 40.1 Å². The summed E-state index contributed by atoms with van der Waals surface area (Å²) in [5.74, 6) is -0.0651. The molecule has 3 aromatic rings. The number of hydrogen-bond acceptors (Lipinski definition) is 5. The van der Waals surface area contributed by atoms with Gasteiger partial charge < -0.3 is 15.1 Å². The highest BCUT2D eigenvalue weighted by Gasteiger charge is 2.16. The van der Waals surface area contributed by atoms with Gasteiger partial charge in [0.25, 0.3) is 0 Å². The Morgan fingerprint density at radius 1 is 1.17 bits per heavy atom. The number of anilines is 2. The topological polar surface area (TPSA) is 48.5 Å². The summed E-state index contributed by atoms with van der Waals surface area (Å²) < 4.78 is 0. The number of nitrogens with one attached hydrogen (secondary N) is 1. The van der Waals surface area contributed by atoms with Crippen LogP contribution in [0.1, 0.15) is 11.3 Å². The molecule has 0 radical (unpaired) electrons. The van der Waals surface area contributed by atoms with Gasteiger partial charge in [-0.05, 0) is 49.9 Å². The highest BCUT2D eigenvalue weighted by atomic mass is 35.5. The molecule has 0 bridgehead atoms. The molecule has 0 saturated carbocycles. The number of aryl methyl sites for hydroxylation is 1. The zero-order valence-electron chi connectivity index (χ0n) is 17.2. The van der Waals surface area contributed by atoms with Gasteiger partial charge in [-0.3, -0.25) is 4.79 Å². The molecule has 2 aromatic carbocycles. The second-order valence-corrected chi connectivity index (χ2v) is 8.97. The third-order valence-corrected chi connectivity index (χ3v) is 6.46. The van der Waals surface area contributed by atoms with E-state index in [1.54, 1.807) is 0 Å². The van der Waals surface area contributed by atoms with Crippen molar-refractivity contribution in [2.45, 2.75) is 13.3 Å². The molecule has 5 nitrogen and oxygen atoms in total. The Balaban J connectivity index is 1.38. The normalized spacial score (nSPS) is 14.7. The Hall–Kier alpha value is -2.41. The molecule has 0 aliphatic carbocycles. The van der Waals surface area contributed by atoms with E-state index in [0.717, 1.165) is 48.1 Å². The van der Waals surface area contributed by atoms with Crippen LogP contribution in [0.3, 0.4) is 0 Å². The van der Waals surface area contributed by atoms with Crippen LogP contribution in [0.15, 0.2) is 47.8 Å². The van der Waals surface area contributed by atoms with Crippen LogP contribution >= 0.6 is 22.9 Å². The van der Waals surface area contributed by atoms with Crippen molar-refractivity contribution in [2.24, 2.45) is 0 Å². The number of carbonyl (C=O) groups is 1. The molecule has 1 amide bonds. The lowest BCUT2D eigenvalue weighted by Crippen LogP contribution is -2.44. The van der Waals surface area contributed by atoms with E-state index in [-0.39, 0.29) is 12.3 Å². The minimum Gasteiger partial charge on any atom is -0.369 e. The number of hydrogen-bond donors (Lipinski definition) is 1. The molecular weight excluding hydrogens is 416 g/mol. The van der Waals surface area contributed by atoms with Crippen LogP contribution in [0, 0.1) is 6.92 Å². The first kappa shape index (κ1) is 20.8. The Morgan fingerprint density at radius 2 is 1.97 bits per heavy atom. The van der Waals surface area contributed by atoms with Gasteiger partial charge >= 0.3 is 0 Å². The molecule has 7 heteroatoms. The SMILES string of the molecule is Cc1cc(NC(=O)Cc2csc(-c3cccc(Cl)c3)n2)ccc1N1CCN(C)CC1. The smallest absolute Gasteiger partial charge is 0.230 e. The van der Waals surface area contributed by atoms with Gasteiger partial charge in [0.2, 0.25) is 5.91 Å². The average Bonchev–Trinajstić information content (AvgIpc) is 3.17. The minimum absolute atomic E-state index is 0.0651. The summed E-state index contributed by atoms with van der Waals surface area (Å²) in [6, 6.07) is 13.7. The predicted molar refractivity (Wildman–Crippen MR) is 126 cm³/mol. The molecule has 156 valence electrons. The number of likely N-dealkylation sites (N-methyl/N-ethyl adjacent to an activating group) is 1. The van der Waals surface area contributed by atoms with Gasteiger partial charge in [-0.25, -0.2) is 4.98 Å². The lowest BCUT2D eigenvalue weighted by atomic mass is 10.1. The van der Waals surface area contributed by atoms with Gasteiger partial charge in [-0.15, -0.1) is 11.3 Å². The van der Waals surface area contributed by atoms with E-state index < -0.39 is 0 Å². The van der Waals surface area contributed by atoms with Crippen molar-refractivity contribution >= 4 is 40.2 Å². The standard InChI is InChI=1S/C23H25ClN4OS/c1-16-12-19(6-7-21(16)28-10-8-27(2)9-11-28)25-22(29)14-20-15-30-23(26-20)17-4-3-5-18(24)13-17/h3-7,12-13,15H,8-11,14H2,1-2H3,(H,25,29). The summed E-state index contributed by atoms with van der Waals surface area (Å²) in [4.78, 5) is 21.9. The van der Waals surface area contributed by atoms with Crippen LogP contribution in [0.2, 0.25) is 5.02 Å². The van der Waals surface area contributed by atoms with E-state index >= 15 is 0 Å². The highest BCUT2D eigenvalue weighted by molar-refractivity contribution is 7.13. The van der Waals surface area contributed by atoms with Crippen molar-refractivity contribution in [3.05, 3.63) is 64.1 Å². The minimum atomic E-state index is -0.0651. The molecule has 1 aromatic heterocycles. The molecule has 30 heavy (non-hydrogen) atoms. The van der Waals surface area contributed by atoms with Crippen molar-refractivity contribution in [3.8, 4) is 10.6 Å². The molecule has 1 aliphatic heterocycles. The quantitative estimate of drug-likeness (QED) is 0.624. The first-order valence-corrected chi connectivity index (χ1v) is 11.3. The first-order chi connectivity index (χ1) is 14.5. The largest absolute Gasteiger partial charge is 0.369 e. The summed E-state index contributed by atoms with van der Waals surface area (Å²) in [5, 5.41) is 6.48. The fraction of sp³-hybridized carbons (Fsp3) is 0.304. The second-order valence-electron chi connectivity index (χ2n) is 7.67. The maximum Gasteiger partial charge on any atom is 0.230 e. The van der Waals surface area contributed by atoms with Gasteiger partial charge in [0.1, 0.15) is 5.01 Å². The van der Waals surface area contributed by atoms with Crippen molar-refractivity contribution in [3.63, 3.8) is 0 Å². The summed E-state index contributed by atoms with van der Waals surface area (Å²) in [5.41, 5.74) is 4.97. The fourth-order valence-corrected chi connectivity index (χ4v) is 4.65. The maximum atomic E-state index is 12.5. The lowest BCUT2D eigenvalue weighted by molar-refractivity contribution is -0.115. The summed E-state index contributed by atoms with van der Waals surface area (Å²) in [6.07, 6.45) is 0.246. The van der Waals surface area contributed by atoms with Gasteiger partial charge in [-0.1, -0.05) is 23.7 Å². The third kappa shape index (κ3) is 5.01. The monoisotopic (exact) mass is 440 g/mol. The fourth-order valence-electron chi connectivity index (χ4n) is 3.65. The van der Waals surface area contributed by atoms with Crippen LogP contribution in [0.25, 0.3) is 10.6 Å². The van der Waals surface area contributed by atoms with Crippen LogP contribution < -0.4 is 10.2 Å². The third-order valence-electron chi connectivity index (χ3n) is 5.29. The van der Waals surface area contributed by atoms with E-state index in [4.69, 9.17) is 11.6 Å². The zero-order valence-corrected chi connectivity index (χ0v) is 18.8. The van der Waals surface area contributed by atoms with Gasteiger partial charge in [0.05, 0.1) is 12.1 Å². The molecule has 0 atom stereocenters. The van der Waals surface area contributed by atoms with Crippen molar-refractivity contribution < 1.29 is 4.79 Å². The van der Waals surface area contributed by atoms with E-state index in [1.165, 1.54) is 22.6 Å². The molecule has 1 fully saturated rings. The number of carbonyl (C=O) groups excluding carboxylic acids is 1. The van der Waals surface area contributed by atoms with Gasteiger partial charge in [-0.2, -0.15) is 0 Å². The average molecular weight is 441 g/mol. The Bertz CT molecular complexity index is 1040. The first-order valence-electron chi connectivity index (χ1n) is 10.0.